The summed E-state index contributed by atoms with van der Waals surface area (Å²) in [5.74, 6) is 0.899. The van der Waals surface area contributed by atoms with E-state index in [-0.39, 0.29) is 0 Å². The second kappa shape index (κ2) is 6.05. The van der Waals surface area contributed by atoms with E-state index in [0.29, 0.717) is 0 Å². The van der Waals surface area contributed by atoms with Crippen molar-refractivity contribution in [3.8, 4) is 0 Å². The fourth-order valence-electron chi connectivity index (χ4n) is 2.97. The number of aromatic nitrogens is 2. The van der Waals surface area contributed by atoms with Gasteiger partial charge in [-0.1, -0.05) is 54.6 Å². The van der Waals surface area contributed by atoms with Crippen LogP contribution in [0, 0.1) is 0 Å². The highest BCUT2D eigenvalue weighted by Crippen LogP contribution is 2.20. The molecule has 0 aliphatic carbocycles. The van der Waals surface area contributed by atoms with E-state index in [1.54, 1.807) is 6.33 Å². The van der Waals surface area contributed by atoms with E-state index in [1.165, 1.54) is 16.3 Å². The van der Waals surface area contributed by atoms with Gasteiger partial charge in [0.15, 0.2) is 0 Å². The van der Waals surface area contributed by atoms with E-state index in [0.717, 1.165) is 29.7 Å². The molecule has 0 unspecified atom stereocenters. The molecule has 0 atom stereocenters. The Balaban J connectivity index is 1.55. The van der Waals surface area contributed by atoms with Crippen LogP contribution in [-0.4, -0.2) is 16.5 Å². The first-order chi connectivity index (χ1) is 11.4. The average Bonchev–Trinajstić information content (AvgIpc) is 2.62. The molecule has 0 saturated heterocycles. The predicted molar refractivity (Wildman–Crippen MR) is 95.7 cm³/mol. The molecule has 0 radical (unpaired) electrons. The zero-order valence-electron chi connectivity index (χ0n) is 12.7. The van der Waals surface area contributed by atoms with Gasteiger partial charge in [-0.2, -0.15) is 0 Å². The summed E-state index contributed by atoms with van der Waals surface area (Å²) in [6.45, 7) is 0.842. The molecular formula is C20H17N3. The van der Waals surface area contributed by atoms with Crippen LogP contribution < -0.4 is 5.32 Å². The molecule has 0 spiro atoms. The summed E-state index contributed by atoms with van der Waals surface area (Å²) < 4.78 is 0. The molecule has 4 rings (SSSR count). The summed E-state index contributed by atoms with van der Waals surface area (Å²) in [7, 11) is 0. The number of nitrogens with zero attached hydrogens (tertiary/aromatic N) is 2. The molecule has 0 aliphatic rings. The Morgan fingerprint density at radius 1 is 0.739 bits per heavy atom. The van der Waals surface area contributed by atoms with Crippen LogP contribution in [0.2, 0.25) is 0 Å². The summed E-state index contributed by atoms with van der Waals surface area (Å²) in [6, 6.07) is 23.1. The number of anilines is 1. The zero-order valence-corrected chi connectivity index (χ0v) is 12.7. The molecule has 1 heterocycles. The van der Waals surface area contributed by atoms with Crippen LogP contribution in [0.25, 0.3) is 21.7 Å². The van der Waals surface area contributed by atoms with Gasteiger partial charge in [0.25, 0.3) is 0 Å². The molecular weight excluding hydrogens is 282 g/mol. The van der Waals surface area contributed by atoms with Crippen LogP contribution in [0.4, 0.5) is 5.82 Å². The van der Waals surface area contributed by atoms with Crippen molar-refractivity contribution < 1.29 is 0 Å². The number of hydrogen-bond acceptors (Lipinski definition) is 3. The Kier molecular flexibility index (Phi) is 3.60. The Labute approximate surface area is 135 Å². The van der Waals surface area contributed by atoms with E-state index in [9.17, 15) is 0 Å². The SMILES string of the molecule is c1ccc2c(CCNc3ncnc4ccccc34)cccc2c1. The smallest absolute Gasteiger partial charge is 0.137 e. The van der Waals surface area contributed by atoms with Gasteiger partial charge in [-0.15, -0.1) is 0 Å². The third-order valence-electron chi connectivity index (χ3n) is 4.11. The third-order valence-corrected chi connectivity index (χ3v) is 4.11. The van der Waals surface area contributed by atoms with Gasteiger partial charge in [0, 0.05) is 11.9 Å². The second-order valence-corrected chi connectivity index (χ2v) is 5.55. The van der Waals surface area contributed by atoms with Crippen molar-refractivity contribution in [1.29, 1.82) is 0 Å². The number of para-hydroxylation sites is 1. The van der Waals surface area contributed by atoms with Crippen LogP contribution in [0.15, 0.2) is 73.1 Å². The maximum atomic E-state index is 4.38. The average molecular weight is 299 g/mol. The third kappa shape index (κ3) is 2.73. The van der Waals surface area contributed by atoms with Crippen molar-refractivity contribution in [2.75, 3.05) is 11.9 Å². The molecule has 0 amide bonds. The van der Waals surface area contributed by atoms with Crippen molar-refractivity contribution in [2.24, 2.45) is 0 Å². The molecule has 0 bridgehead atoms. The van der Waals surface area contributed by atoms with Gasteiger partial charge in [-0.05, 0) is 34.9 Å². The monoisotopic (exact) mass is 299 g/mol. The summed E-state index contributed by atoms with van der Waals surface area (Å²) in [5.41, 5.74) is 2.32. The Hall–Kier alpha value is -2.94. The van der Waals surface area contributed by atoms with E-state index in [2.05, 4.69) is 63.8 Å². The maximum Gasteiger partial charge on any atom is 0.137 e. The number of rotatable bonds is 4. The first kappa shape index (κ1) is 13.7. The first-order valence-corrected chi connectivity index (χ1v) is 7.82. The van der Waals surface area contributed by atoms with Gasteiger partial charge in [0.2, 0.25) is 0 Å². The zero-order chi connectivity index (χ0) is 15.5. The lowest BCUT2D eigenvalue weighted by molar-refractivity contribution is 1.02. The lowest BCUT2D eigenvalue weighted by atomic mass is 10.0. The molecule has 3 nitrogen and oxygen atoms in total. The Bertz CT molecular complexity index is 873. The molecule has 3 aromatic carbocycles. The Morgan fingerprint density at radius 3 is 2.48 bits per heavy atom. The van der Waals surface area contributed by atoms with Crippen LogP contribution in [-0.2, 0) is 6.42 Å². The first-order valence-electron chi connectivity index (χ1n) is 7.82. The van der Waals surface area contributed by atoms with Crippen LogP contribution in [0.1, 0.15) is 5.56 Å². The topological polar surface area (TPSA) is 37.8 Å². The normalized spacial score (nSPS) is 11.0. The summed E-state index contributed by atoms with van der Waals surface area (Å²) in [4.78, 5) is 8.68. The molecule has 0 saturated carbocycles. The highest BCUT2D eigenvalue weighted by atomic mass is 15.0. The number of fused-ring (bicyclic) bond motifs is 2. The van der Waals surface area contributed by atoms with E-state index < -0.39 is 0 Å². The second-order valence-electron chi connectivity index (χ2n) is 5.55. The molecule has 112 valence electrons. The quantitative estimate of drug-likeness (QED) is 0.605. The van der Waals surface area contributed by atoms with Crippen molar-refractivity contribution in [3.05, 3.63) is 78.6 Å². The highest BCUT2D eigenvalue weighted by molar-refractivity contribution is 5.89. The molecule has 1 aromatic heterocycles. The fraction of sp³-hybridized carbons (Fsp3) is 0.100. The molecule has 0 aliphatic heterocycles. The highest BCUT2D eigenvalue weighted by Gasteiger charge is 2.03. The van der Waals surface area contributed by atoms with Crippen molar-refractivity contribution >= 4 is 27.5 Å². The van der Waals surface area contributed by atoms with E-state index in [1.807, 2.05) is 18.2 Å². The number of nitrogens with one attached hydrogen (secondary N) is 1. The predicted octanol–water partition coefficient (Wildman–Crippen LogP) is 4.44. The van der Waals surface area contributed by atoms with Crippen LogP contribution in [0.3, 0.4) is 0 Å². The van der Waals surface area contributed by atoms with Crippen molar-refractivity contribution in [2.45, 2.75) is 6.42 Å². The molecule has 3 heteroatoms. The molecule has 23 heavy (non-hydrogen) atoms. The maximum absolute atomic E-state index is 4.38. The van der Waals surface area contributed by atoms with Gasteiger partial charge in [0.05, 0.1) is 5.52 Å². The molecule has 1 N–H and O–H groups in total. The number of hydrogen-bond donors (Lipinski definition) is 1. The lowest BCUT2D eigenvalue weighted by Gasteiger charge is -2.10. The van der Waals surface area contributed by atoms with Gasteiger partial charge in [0.1, 0.15) is 12.1 Å². The van der Waals surface area contributed by atoms with Crippen molar-refractivity contribution in [3.63, 3.8) is 0 Å². The van der Waals surface area contributed by atoms with Crippen LogP contribution >= 0.6 is 0 Å². The lowest BCUT2D eigenvalue weighted by Crippen LogP contribution is -2.07. The van der Waals surface area contributed by atoms with E-state index >= 15 is 0 Å². The Morgan fingerprint density at radius 2 is 1.52 bits per heavy atom. The van der Waals surface area contributed by atoms with E-state index in [4.69, 9.17) is 0 Å². The van der Waals surface area contributed by atoms with Crippen molar-refractivity contribution in [1.82, 2.24) is 9.97 Å². The van der Waals surface area contributed by atoms with Gasteiger partial charge < -0.3 is 5.32 Å². The minimum atomic E-state index is 0.842. The standard InChI is InChI=1S/C20H17N3/c1-2-9-17-15(6-1)7-5-8-16(17)12-13-21-20-18-10-3-4-11-19(18)22-14-23-20/h1-11,14H,12-13H2,(H,21,22,23). The number of benzene rings is 3. The summed E-state index contributed by atoms with van der Waals surface area (Å²) in [6.07, 6.45) is 2.57. The molecule has 0 fully saturated rings. The van der Waals surface area contributed by atoms with Gasteiger partial charge in [-0.25, -0.2) is 9.97 Å². The van der Waals surface area contributed by atoms with Gasteiger partial charge in [-0.3, -0.25) is 0 Å². The van der Waals surface area contributed by atoms with Crippen LogP contribution in [0.5, 0.6) is 0 Å². The summed E-state index contributed by atoms with van der Waals surface area (Å²) >= 11 is 0. The largest absolute Gasteiger partial charge is 0.369 e. The fourth-order valence-corrected chi connectivity index (χ4v) is 2.97. The van der Waals surface area contributed by atoms with Gasteiger partial charge >= 0.3 is 0 Å². The molecule has 4 aromatic rings. The summed E-state index contributed by atoms with van der Waals surface area (Å²) in [5, 5.41) is 7.13. The minimum Gasteiger partial charge on any atom is -0.369 e. The minimum absolute atomic E-state index is 0.842.